The van der Waals surface area contributed by atoms with E-state index in [0.29, 0.717) is 18.7 Å². The molecule has 0 spiro atoms. The monoisotopic (exact) mass is 370 g/mol. The number of amides is 2. The Hall–Kier alpha value is -3.35. The summed E-state index contributed by atoms with van der Waals surface area (Å²) in [7, 11) is 1.43. The molecular formula is C20H22N2O5. The first-order valence-electron chi connectivity index (χ1n) is 8.46. The average Bonchev–Trinajstić information content (AvgIpc) is 2.66. The van der Waals surface area contributed by atoms with Crippen LogP contribution in [0.5, 0.6) is 5.75 Å². The maximum Gasteiger partial charge on any atom is 0.323 e. The molecule has 2 aromatic rings. The van der Waals surface area contributed by atoms with Crippen LogP contribution in [0.15, 0.2) is 54.6 Å². The van der Waals surface area contributed by atoms with Gasteiger partial charge in [0.2, 0.25) is 5.91 Å². The van der Waals surface area contributed by atoms with Gasteiger partial charge in [-0.2, -0.15) is 0 Å². The molecule has 0 aliphatic heterocycles. The maximum absolute atomic E-state index is 12.1. The number of ether oxygens (including phenoxy) is 1. The number of benzene rings is 2. The number of aliphatic carboxylic acids is 1. The molecule has 2 aromatic carbocycles. The summed E-state index contributed by atoms with van der Waals surface area (Å²) in [6.07, 6.45) is 0.242. The smallest absolute Gasteiger partial charge is 0.323 e. The molecule has 2 N–H and O–H groups in total. The first-order chi connectivity index (χ1) is 13.0. The van der Waals surface area contributed by atoms with Crippen molar-refractivity contribution in [2.45, 2.75) is 13.0 Å². The number of carbonyl (C=O) groups excluding carboxylic acids is 2. The highest BCUT2D eigenvalue weighted by Crippen LogP contribution is 2.09. The van der Waals surface area contributed by atoms with Crippen LogP contribution in [0.25, 0.3) is 0 Å². The average molecular weight is 370 g/mol. The van der Waals surface area contributed by atoms with Crippen LogP contribution in [0.1, 0.15) is 22.3 Å². The maximum atomic E-state index is 12.1. The van der Waals surface area contributed by atoms with Gasteiger partial charge >= 0.3 is 5.97 Å². The fourth-order valence-corrected chi connectivity index (χ4v) is 2.33. The Bertz CT molecular complexity index is 775. The molecule has 0 saturated carbocycles. The lowest BCUT2D eigenvalue weighted by Crippen LogP contribution is -2.31. The normalized spacial score (nSPS) is 10.1. The van der Waals surface area contributed by atoms with Gasteiger partial charge in [-0.05, 0) is 29.8 Å². The van der Waals surface area contributed by atoms with Gasteiger partial charge in [0.15, 0.2) is 0 Å². The zero-order valence-electron chi connectivity index (χ0n) is 15.1. The van der Waals surface area contributed by atoms with Gasteiger partial charge < -0.3 is 20.1 Å². The van der Waals surface area contributed by atoms with E-state index in [0.717, 1.165) is 16.2 Å². The molecule has 0 aliphatic carbocycles. The molecule has 0 saturated heterocycles. The summed E-state index contributed by atoms with van der Waals surface area (Å²) >= 11 is 0. The summed E-state index contributed by atoms with van der Waals surface area (Å²) < 4.78 is 5.48. The highest BCUT2D eigenvalue weighted by Gasteiger charge is 2.14. The summed E-state index contributed by atoms with van der Waals surface area (Å²) in [5.41, 5.74) is 1.23. The van der Waals surface area contributed by atoms with Crippen LogP contribution < -0.4 is 10.1 Å². The van der Waals surface area contributed by atoms with E-state index in [-0.39, 0.29) is 24.8 Å². The minimum absolute atomic E-state index is 0.132. The standard InChI is InChI=1S/C20H22N2O5/c1-22(14-19(24)25)20(26)16-9-7-15(8-10-16)13-21-18(23)11-12-27-17-5-3-2-4-6-17/h2-10H,11-14H2,1H3,(H,21,23)(H,24,25). The SMILES string of the molecule is CN(CC(=O)O)C(=O)c1ccc(CNC(=O)CCOc2ccccc2)cc1. The molecule has 0 unspecified atom stereocenters. The van der Waals surface area contributed by atoms with E-state index in [1.807, 2.05) is 30.3 Å². The molecule has 0 heterocycles. The topological polar surface area (TPSA) is 95.9 Å². The summed E-state index contributed by atoms with van der Waals surface area (Å²) in [6, 6.07) is 15.9. The first kappa shape index (κ1) is 20.0. The van der Waals surface area contributed by atoms with Crippen LogP contribution in [0, 0.1) is 0 Å². The second-order valence-corrected chi connectivity index (χ2v) is 5.94. The van der Waals surface area contributed by atoms with Crippen molar-refractivity contribution in [2.24, 2.45) is 0 Å². The minimum atomic E-state index is -1.07. The minimum Gasteiger partial charge on any atom is -0.493 e. The molecule has 0 atom stereocenters. The second-order valence-electron chi connectivity index (χ2n) is 5.94. The van der Waals surface area contributed by atoms with Gasteiger partial charge in [0, 0.05) is 19.2 Å². The fraction of sp³-hybridized carbons (Fsp3) is 0.250. The number of nitrogens with zero attached hydrogens (tertiary/aromatic N) is 1. The fourth-order valence-electron chi connectivity index (χ4n) is 2.33. The van der Waals surface area contributed by atoms with E-state index in [9.17, 15) is 14.4 Å². The largest absolute Gasteiger partial charge is 0.493 e. The third-order valence-corrected chi connectivity index (χ3v) is 3.75. The first-order valence-corrected chi connectivity index (χ1v) is 8.46. The third kappa shape index (κ3) is 6.81. The van der Waals surface area contributed by atoms with Crippen molar-refractivity contribution in [3.05, 3.63) is 65.7 Å². The van der Waals surface area contributed by atoms with Crippen LogP contribution in [-0.4, -0.2) is 48.0 Å². The zero-order chi connectivity index (χ0) is 19.6. The Kier molecular flexibility index (Phi) is 7.37. The Morgan fingerprint density at radius 2 is 1.70 bits per heavy atom. The van der Waals surface area contributed by atoms with Gasteiger partial charge in [-0.25, -0.2) is 0 Å². The van der Waals surface area contributed by atoms with E-state index in [1.165, 1.54) is 7.05 Å². The number of hydrogen-bond donors (Lipinski definition) is 2. The van der Waals surface area contributed by atoms with Gasteiger partial charge in [-0.3, -0.25) is 14.4 Å². The summed E-state index contributed by atoms with van der Waals surface area (Å²) in [5, 5.41) is 11.5. The molecule has 0 radical (unpaired) electrons. The lowest BCUT2D eigenvalue weighted by molar-refractivity contribution is -0.137. The Morgan fingerprint density at radius 1 is 1.04 bits per heavy atom. The van der Waals surface area contributed by atoms with E-state index >= 15 is 0 Å². The summed E-state index contributed by atoms with van der Waals surface area (Å²) in [4.78, 5) is 35.7. The van der Waals surface area contributed by atoms with Crippen LogP contribution in [0.4, 0.5) is 0 Å². The van der Waals surface area contributed by atoms with E-state index in [4.69, 9.17) is 9.84 Å². The predicted molar refractivity (Wildman–Crippen MR) is 99.4 cm³/mol. The van der Waals surface area contributed by atoms with Crippen molar-refractivity contribution in [1.29, 1.82) is 0 Å². The second kappa shape index (κ2) is 9.96. The van der Waals surface area contributed by atoms with Crippen LogP contribution in [0.2, 0.25) is 0 Å². The lowest BCUT2D eigenvalue weighted by Gasteiger charge is -2.14. The molecule has 7 heteroatoms. The number of likely N-dealkylation sites (N-methyl/N-ethyl adjacent to an activating group) is 1. The molecule has 0 bridgehead atoms. The van der Waals surface area contributed by atoms with E-state index in [1.54, 1.807) is 24.3 Å². The third-order valence-electron chi connectivity index (χ3n) is 3.75. The molecular weight excluding hydrogens is 348 g/mol. The molecule has 0 fully saturated rings. The van der Waals surface area contributed by atoms with Crippen molar-refractivity contribution in [2.75, 3.05) is 20.2 Å². The quantitative estimate of drug-likeness (QED) is 0.703. The van der Waals surface area contributed by atoms with Gasteiger partial charge in [-0.15, -0.1) is 0 Å². The molecule has 27 heavy (non-hydrogen) atoms. The van der Waals surface area contributed by atoms with Gasteiger partial charge in [0.05, 0.1) is 13.0 Å². The van der Waals surface area contributed by atoms with Crippen molar-refractivity contribution in [3.63, 3.8) is 0 Å². The van der Waals surface area contributed by atoms with E-state index < -0.39 is 5.97 Å². The predicted octanol–water partition coefficient (Wildman–Crippen LogP) is 1.93. The van der Waals surface area contributed by atoms with E-state index in [2.05, 4.69) is 5.32 Å². The molecule has 0 aromatic heterocycles. The number of rotatable bonds is 9. The molecule has 7 nitrogen and oxygen atoms in total. The highest BCUT2D eigenvalue weighted by atomic mass is 16.5. The van der Waals surface area contributed by atoms with Gasteiger partial charge in [0.25, 0.3) is 5.91 Å². The van der Waals surface area contributed by atoms with Gasteiger partial charge in [0.1, 0.15) is 12.3 Å². The highest BCUT2D eigenvalue weighted by molar-refractivity contribution is 5.95. The molecule has 142 valence electrons. The van der Waals surface area contributed by atoms with Crippen molar-refractivity contribution < 1.29 is 24.2 Å². The van der Waals surface area contributed by atoms with Gasteiger partial charge in [-0.1, -0.05) is 30.3 Å². The number of carbonyl (C=O) groups is 3. The summed E-state index contributed by atoms with van der Waals surface area (Å²) in [5.74, 6) is -0.849. The molecule has 2 rings (SSSR count). The number of hydrogen-bond acceptors (Lipinski definition) is 4. The Labute approximate surface area is 157 Å². The number of nitrogens with one attached hydrogen (secondary N) is 1. The number of para-hydroxylation sites is 1. The van der Waals surface area contributed by atoms with Crippen LogP contribution in [0.3, 0.4) is 0 Å². The van der Waals surface area contributed by atoms with Crippen molar-refractivity contribution >= 4 is 17.8 Å². The Morgan fingerprint density at radius 3 is 2.33 bits per heavy atom. The molecule has 0 aliphatic rings. The summed E-state index contributed by atoms with van der Waals surface area (Å²) in [6.45, 7) is 0.268. The van der Waals surface area contributed by atoms with Crippen molar-refractivity contribution in [3.8, 4) is 5.75 Å². The van der Waals surface area contributed by atoms with Crippen LogP contribution in [-0.2, 0) is 16.1 Å². The molecule has 2 amide bonds. The zero-order valence-corrected chi connectivity index (χ0v) is 15.1. The lowest BCUT2D eigenvalue weighted by atomic mass is 10.1. The Balaban J connectivity index is 1.75. The number of carboxylic acid groups (broad SMARTS) is 1. The number of carboxylic acids is 1. The van der Waals surface area contributed by atoms with Crippen LogP contribution >= 0.6 is 0 Å². The van der Waals surface area contributed by atoms with Crippen molar-refractivity contribution in [1.82, 2.24) is 10.2 Å².